The number of aliphatic hydroxyl groups excluding tert-OH is 1. The Morgan fingerprint density at radius 1 is 1.57 bits per heavy atom. The molecule has 1 N–H and O–H groups in total. The summed E-state index contributed by atoms with van der Waals surface area (Å²) >= 11 is 1.42. The lowest BCUT2D eigenvalue weighted by atomic mass is 10.3. The molecule has 1 heterocycles. The summed E-state index contributed by atoms with van der Waals surface area (Å²) in [5, 5.41) is 21.3. The van der Waals surface area contributed by atoms with Crippen LogP contribution in [0.15, 0.2) is 41.8 Å². The van der Waals surface area contributed by atoms with Crippen LogP contribution in [-0.4, -0.2) is 38.0 Å². The first kappa shape index (κ1) is 15.3. The van der Waals surface area contributed by atoms with Crippen LogP contribution in [0.3, 0.4) is 0 Å². The van der Waals surface area contributed by atoms with Crippen LogP contribution in [0, 0.1) is 10.1 Å². The number of nitrogens with zero attached hydrogens (tertiary/aromatic N) is 3. The van der Waals surface area contributed by atoms with Gasteiger partial charge in [0.2, 0.25) is 0 Å². The largest absolute Gasteiger partial charge is 0.491 e. The summed E-state index contributed by atoms with van der Waals surface area (Å²) in [7, 11) is 1.88. The quantitative estimate of drug-likeness (QED) is 0.477. The number of nitro groups is 1. The van der Waals surface area contributed by atoms with E-state index in [1.54, 1.807) is 18.3 Å². The van der Waals surface area contributed by atoms with Crippen LogP contribution in [0.25, 0.3) is 0 Å². The molecule has 1 aromatic heterocycles. The minimum atomic E-state index is -0.689. The number of non-ortho nitro benzene ring substituents is 1. The van der Waals surface area contributed by atoms with Crippen molar-refractivity contribution in [3.05, 3.63) is 46.8 Å². The Balaban J connectivity index is 1.81. The van der Waals surface area contributed by atoms with Gasteiger partial charge in [0.25, 0.3) is 5.69 Å². The van der Waals surface area contributed by atoms with Crippen molar-refractivity contribution < 1.29 is 14.8 Å². The zero-order chi connectivity index (χ0) is 15.2. The maximum absolute atomic E-state index is 10.6. The number of benzene rings is 1. The summed E-state index contributed by atoms with van der Waals surface area (Å²) in [5.74, 6) is 0.796. The fourth-order valence-corrected chi connectivity index (χ4v) is 2.43. The van der Waals surface area contributed by atoms with E-state index in [1.165, 1.54) is 23.9 Å². The van der Waals surface area contributed by atoms with E-state index in [9.17, 15) is 15.2 Å². The Kier molecular flexibility index (Phi) is 5.18. The third-order valence-corrected chi connectivity index (χ3v) is 3.86. The smallest absolute Gasteiger partial charge is 0.273 e. The molecule has 8 heteroatoms. The maximum Gasteiger partial charge on any atom is 0.273 e. The average Bonchev–Trinajstić information content (AvgIpc) is 2.88. The molecule has 0 aliphatic heterocycles. The van der Waals surface area contributed by atoms with Gasteiger partial charge in [0.15, 0.2) is 5.16 Å². The number of aryl methyl sites for hydroxylation is 1. The van der Waals surface area contributed by atoms with Crippen molar-refractivity contribution in [2.75, 3.05) is 12.4 Å². The molecule has 0 spiro atoms. The highest BCUT2D eigenvalue weighted by molar-refractivity contribution is 7.99. The van der Waals surface area contributed by atoms with Crippen LogP contribution in [-0.2, 0) is 7.05 Å². The lowest BCUT2D eigenvalue weighted by Crippen LogP contribution is -2.20. The minimum Gasteiger partial charge on any atom is -0.491 e. The van der Waals surface area contributed by atoms with Gasteiger partial charge in [-0.1, -0.05) is 17.8 Å². The molecule has 2 aromatic rings. The summed E-state index contributed by atoms with van der Waals surface area (Å²) in [6.07, 6.45) is 2.83. The summed E-state index contributed by atoms with van der Waals surface area (Å²) in [4.78, 5) is 14.3. The van der Waals surface area contributed by atoms with Crippen molar-refractivity contribution >= 4 is 17.4 Å². The zero-order valence-electron chi connectivity index (χ0n) is 11.4. The number of thioether (sulfide) groups is 1. The first-order valence-electron chi connectivity index (χ1n) is 6.21. The molecule has 0 radical (unpaired) electrons. The fourth-order valence-electron chi connectivity index (χ4n) is 1.59. The van der Waals surface area contributed by atoms with Gasteiger partial charge >= 0.3 is 0 Å². The highest BCUT2D eigenvalue weighted by Crippen LogP contribution is 2.20. The van der Waals surface area contributed by atoms with Gasteiger partial charge in [-0.25, -0.2) is 4.98 Å². The topological polar surface area (TPSA) is 90.4 Å². The summed E-state index contributed by atoms with van der Waals surface area (Å²) in [6, 6.07) is 5.88. The second-order valence-electron chi connectivity index (χ2n) is 4.35. The van der Waals surface area contributed by atoms with Gasteiger partial charge in [-0.05, 0) is 6.07 Å². The number of hydrogen-bond donors (Lipinski definition) is 1. The number of aromatic nitrogens is 2. The molecule has 0 fully saturated rings. The first-order chi connectivity index (χ1) is 10.1. The lowest BCUT2D eigenvalue weighted by molar-refractivity contribution is -0.384. The molecule has 0 saturated carbocycles. The van der Waals surface area contributed by atoms with Gasteiger partial charge in [0.05, 0.1) is 17.1 Å². The van der Waals surface area contributed by atoms with Gasteiger partial charge in [-0.3, -0.25) is 10.1 Å². The lowest BCUT2D eigenvalue weighted by Gasteiger charge is -2.11. The molecule has 21 heavy (non-hydrogen) atoms. The Hall–Kier alpha value is -2.06. The molecule has 0 saturated heterocycles. The third-order valence-electron chi connectivity index (χ3n) is 2.65. The van der Waals surface area contributed by atoms with Crippen molar-refractivity contribution in [3.8, 4) is 5.75 Å². The summed E-state index contributed by atoms with van der Waals surface area (Å²) in [6.45, 7) is 0.0680. The minimum absolute atomic E-state index is 0.0376. The average molecular weight is 309 g/mol. The summed E-state index contributed by atoms with van der Waals surface area (Å²) < 4.78 is 7.22. The highest BCUT2D eigenvalue weighted by Gasteiger charge is 2.10. The monoisotopic (exact) mass is 309 g/mol. The van der Waals surface area contributed by atoms with Crippen LogP contribution in [0.1, 0.15) is 0 Å². The first-order valence-corrected chi connectivity index (χ1v) is 7.20. The van der Waals surface area contributed by atoms with E-state index >= 15 is 0 Å². The molecule has 1 unspecified atom stereocenters. The van der Waals surface area contributed by atoms with Gasteiger partial charge in [0.1, 0.15) is 12.4 Å². The number of nitro benzene ring substituents is 1. The van der Waals surface area contributed by atoms with Gasteiger partial charge in [0, 0.05) is 31.3 Å². The normalized spacial score (nSPS) is 12.1. The van der Waals surface area contributed by atoms with Gasteiger partial charge < -0.3 is 14.4 Å². The van der Waals surface area contributed by atoms with Crippen molar-refractivity contribution in [2.24, 2.45) is 7.05 Å². The van der Waals surface area contributed by atoms with Crippen LogP contribution in [0.5, 0.6) is 5.75 Å². The van der Waals surface area contributed by atoms with E-state index in [0.29, 0.717) is 11.5 Å². The van der Waals surface area contributed by atoms with E-state index < -0.39 is 11.0 Å². The van der Waals surface area contributed by atoms with Crippen molar-refractivity contribution in [2.45, 2.75) is 11.3 Å². The molecule has 112 valence electrons. The SMILES string of the molecule is Cn1ccnc1SCC(O)COc1cccc([N+](=O)[O-])c1. The molecule has 0 amide bonds. The Labute approximate surface area is 125 Å². The van der Waals surface area contributed by atoms with Gasteiger partial charge in [-0.15, -0.1) is 0 Å². The Bertz CT molecular complexity index is 617. The van der Waals surface area contributed by atoms with E-state index in [0.717, 1.165) is 5.16 Å². The van der Waals surface area contributed by atoms with E-state index in [2.05, 4.69) is 4.98 Å². The third kappa shape index (κ3) is 4.47. The number of imidazole rings is 1. The van der Waals surface area contributed by atoms with Crippen LogP contribution in [0.4, 0.5) is 5.69 Å². The number of ether oxygens (including phenoxy) is 1. The molecular weight excluding hydrogens is 294 g/mol. The Morgan fingerprint density at radius 3 is 3.05 bits per heavy atom. The second kappa shape index (κ2) is 7.09. The van der Waals surface area contributed by atoms with Gasteiger partial charge in [-0.2, -0.15) is 0 Å². The molecular formula is C13H15N3O4S. The van der Waals surface area contributed by atoms with Crippen LogP contribution < -0.4 is 4.74 Å². The van der Waals surface area contributed by atoms with E-state index in [-0.39, 0.29) is 12.3 Å². The molecule has 1 aromatic carbocycles. The second-order valence-corrected chi connectivity index (χ2v) is 5.34. The standard InChI is InChI=1S/C13H15N3O4S/c1-15-6-5-14-13(15)21-9-11(17)8-20-12-4-2-3-10(7-12)16(18)19/h2-7,11,17H,8-9H2,1H3. The number of rotatable bonds is 7. The van der Waals surface area contributed by atoms with E-state index in [1.807, 2.05) is 17.8 Å². The summed E-state index contributed by atoms with van der Waals surface area (Å²) in [5.41, 5.74) is -0.0376. The predicted octanol–water partition coefficient (Wildman–Crippen LogP) is 1.86. The van der Waals surface area contributed by atoms with Crippen molar-refractivity contribution in [1.29, 1.82) is 0 Å². The fraction of sp³-hybridized carbons (Fsp3) is 0.308. The molecule has 2 rings (SSSR count). The molecule has 1 atom stereocenters. The molecule has 0 aliphatic rings. The molecule has 0 bridgehead atoms. The number of hydrogen-bond acceptors (Lipinski definition) is 6. The maximum atomic E-state index is 10.6. The van der Waals surface area contributed by atoms with Crippen molar-refractivity contribution in [3.63, 3.8) is 0 Å². The van der Waals surface area contributed by atoms with Crippen molar-refractivity contribution in [1.82, 2.24) is 9.55 Å². The zero-order valence-corrected chi connectivity index (χ0v) is 12.2. The van der Waals surface area contributed by atoms with Crippen LogP contribution in [0.2, 0.25) is 0 Å². The number of aliphatic hydroxyl groups is 1. The molecule has 0 aliphatic carbocycles. The predicted molar refractivity (Wildman–Crippen MR) is 78.5 cm³/mol. The van der Waals surface area contributed by atoms with E-state index in [4.69, 9.17) is 4.74 Å². The van der Waals surface area contributed by atoms with Crippen LogP contribution >= 0.6 is 11.8 Å². The molecule has 7 nitrogen and oxygen atoms in total. The highest BCUT2D eigenvalue weighted by atomic mass is 32.2. The Morgan fingerprint density at radius 2 is 2.38 bits per heavy atom.